The summed E-state index contributed by atoms with van der Waals surface area (Å²) in [6.07, 6.45) is 6.73. The lowest BCUT2D eigenvalue weighted by Gasteiger charge is -2.09. The van der Waals surface area contributed by atoms with E-state index in [1.165, 1.54) is 5.56 Å². The van der Waals surface area contributed by atoms with E-state index in [-0.39, 0.29) is 0 Å². The Morgan fingerprint density at radius 2 is 1.92 bits per heavy atom. The highest BCUT2D eigenvalue weighted by Gasteiger charge is 2.12. The van der Waals surface area contributed by atoms with Crippen molar-refractivity contribution in [2.45, 2.75) is 6.54 Å². The van der Waals surface area contributed by atoms with Crippen molar-refractivity contribution in [2.75, 3.05) is 14.1 Å². The predicted molar refractivity (Wildman–Crippen MR) is 95.3 cm³/mol. The maximum absolute atomic E-state index is 5.42. The second-order valence-corrected chi connectivity index (χ2v) is 6.14. The summed E-state index contributed by atoms with van der Waals surface area (Å²) in [4.78, 5) is 10.8. The Morgan fingerprint density at radius 3 is 2.65 bits per heavy atom. The Kier molecular flexibility index (Phi) is 4.24. The van der Waals surface area contributed by atoms with Gasteiger partial charge in [0, 0.05) is 18.3 Å². The van der Waals surface area contributed by atoms with Crippen LogP contribution in [0.5, 0.6) is 0 Å². The van der Waals surface area contributed by atoms with Gasteiger partial charge in [-0.25, -0.2) is 4.68 Å². The summed E-state index contributed by atoms with van der Waals surface area (Å²) < 4.78 is 7.04. The minimum Gasteiger partial charge on any atom is -0.334 e. The van der Waals surface area contributed by atoms with E-state index in [1.54, 1.807) is 29.5 Å². The minimum atomic E-state index is 0.409. The highest BCUT2D eigenvalue weighted by atomic mass is 16.5. The molecule has 0 aliphatic carbocycles. The summed E-state index contributed by atoms with van der Waals surface area (Å²) in [7, 11) is 4.09. The first-order valence-corrected chi connectivity index (χ1v) is 8.09. The molecule has 0 bridgehead atoms. The molecule has 1 aromatic carbocycles. The number of hydrogen-bond donors (Lipinski definition) is 0. The Balaban J connectivity index is 1.59. The lowest BCUT2D eigenvalue weighted by molar-refractivity contribution is 0.402. The topological polar surface area (TPSA) is 85.8 Å². The molecule has 0 radical (unpaired) electrons. The second-order valence-electron chi connectivity index (χ2n) is 6.14. The third-order valence-corrected chi connectivity index (χ3v) is 3.79. The quantitative estimate of drug-likeness (QED) is 0.548. The normalized spacial score (nSPS) is 11.2. The average molecular weight is 347 g/mol. The molecular weight excluding hydrogens is 330 g/mol. The molecule has 0 spiro atoms. The second kappa shape index (κ2) is 6.85. The van der Waals surface area contributed by atoms with E-state index in [2.05, 4.69) is 42.5 Å². The van der Waals surface area contributed by atoms with Crippen LogP contribution in [0.15, 0.2) is 59.6 Å². The molecule has 3 aromatic heterocycles. The van der Waals surface area contributed by atoms with E-state index in [0.29, 0.717) is 11.7 Å². The lowest BCUT2D eigenvalue weighted by Crippen LogP contribution is -2.10. The van der Waals surface area contributed by atoms with Crippen molar-refractivity contribution in [1.82, 2.24) is 35.0 Å². The third-order valence-electron chi connectivity index (χ3n) is 3.79. The zero-order valence-corrected chi connectivity index (χ0v) is 14.4. The van der Waals surface area contributed by atoms with Crippen molar-refractivity contribution in [1.29, 1.82) is 0 Å². The van der Waals surface area contributed by atoms with E-state index < -0.39 is 0 Å². The molecule has 0 unspecified atom stereocenters. The molecule has 0 aliphatic heterocycles. The number of hydrogen-bond acceptors (Lipinski definition) is 7. The zero-order chi connectivity index (χ0) is 17.9. The average Bonchev–Trinajstić information content (AvgIpc) is 3.34. The Bertz CT molecular complexity index is 991. The summed E-state index contributed by atoms with van der Waals surface area (Å²) in [5, 5.41) is 11.8. The fourth-order valence-electron chi connectivity index (χ4n) is 2.60. The van der Waals surface area contributed by atoms with Gasteiger partial charge in [0.05, 0.1) is 29.8 Å². The van der Waals surface area contributed by atoms with Crippen LogP contribution in [-0.2, 0) is 6.54 Å². The maximum atomic E-state index is 5.42. The molecule has 8 heteroatoms. The first kappa shape index (κ1) is 16.1. The van der Waals surface area contributed by atoms with Gasteiger partial charge in [-0.05, 0) is 25.7 Å². The van der Waals surface area contributed by atoms with Crippen molar-refractivity contribution in [2.24, 2.45) is 0 Å². The van der Waals surface area contributed by atoms with Gasteiger partial charge in [-0.1, -0.05) is 34.6 Å². The van der Waals surface area contributed by atoms with Crippen molar-refractivity contribution >= 4 is 0 Å². The minimum absolute atomic E-state index is 0.409. The van der Waals surface area contributed by atoms with Crippen LogP contribution in [0.25, 0.3) is 28.5 Å². The number of aromatic nitrogens is 6. The molecule has 0 atom stereocenters. The van der Waals surface area contributed by atoms with Gasteiger partial charge in [0.2, 0.25) is 5.82 Å². The van der Waals surface area contributed by atoms with E-state index >= 15 is 0 Å². The third kappa shape index (κ3) is 3.35. The van der Waals surface area contributed by atoms with Gasteiger partial charge >= 0.3 is 0 Å². The molecule has 8 nitrogen and oxygen atoms in total. The van der Waals surface area contributed by atoms with Crippen LogP contribution in [-0.4, -0.2) is 49.1 Å². The highest BCUT2D eigenvalue weighted by Crippen LogP contribution is 2.23. The Morgan fingerprint density at radius 1 is 1.08 bits per heavy atom. The molecule has 0 aliphatic rings. The van der Waals surface area contributed by atoms with Crippen molar-refractivity contribution in [3.63, 3.8) is 0 Å². The summed E-state index contributed by atoms with van der Waals surface area (Å²) in [5.74, 6) is 0.953. The summed E-state index contributed by atoms with van der Waals surface area (Å²) >= 11 is 0. The fraction of sp³-hybridized carbons (Fsp3) is 0.167. The van der Waals surface area contributed by atoms with Crippen LogP contribution in [0.2, 0.25) is 0 Å². The molecule has 26 heavy (non-hydrogen) atoms. The van der Waals surface area contributed by atoms with Crippen LogP contribution < -0.4 is 0 Å². The standard InChI is InChI=1S/C18H17N7O/c1-24(2)12-13-3-5-14(6-4-13)17-21-18(26-22-17)15-9-16(11-19-10-15)25-8-7-20-23-25/h3-11H,12H2,1-2H3. The number of pyridine rings is 1. The summed E-state index contributed by atoms with van der Waals surface area (Å²) in [6, 6.07) is 10.0. The van der Waals surface area contributed by atoms with Gasteiger partial charge < -0.3 is 9.42 Å². The van der Waals surface area contributed by atoms with Crippen molar-refractivity contribution in [3.8, 4) is 28.5 Å². The summed E-state index contributed by atoms with van der Waals surface area (Å²) in [5.41, 5.74) is 3.63. The van der Waals surface area contributed by atoms with E-state index in [4.69, 9.17) is 4.52 Å². The van der Waals surface area contributed by atoms with Crippen LogP contribution >= 0.6 is 0 Å². The molecule has 0 fully saturated rings. The molecule has 4 rings (SSSR count). The predicted octanol–water partition coefficient (Wildman–Crippen LogP) is 2.44. The molecular formula is C18H17N7O. The van der Waals surface area contributed by atoms with Gasteiger partial charge in [0.1, 0.15) is 0 Å². The number of nitrogens with zero attached hydrogens (tertiary/aromatic N) is 7. The van der Waals surface area contributed by atoms with Crippen LogP contribution in [0.4, 0.5) is 0 Å². The van der Waals surface area contributed by atoms with Crippen LogP contribution in [0, 0.1) is 0 Å². The molecule has 3 heterocycles. The lowest BCUT2D eigenvalue weighted by atomic mass is 10.1. The SMILES string of the molecule is CN(C)Cc1ccc(-c2noc(-c3cncc(-n4ccnn4)c3)n2)cc1. The van der Waals surface area contributed by atoms with Gasteiger partial charge in [-0.15, -0.1) is 5.10 Å². The highest BCUT2D eigenvalue weighted by molar-refractivity contribution is 5.60. The number of rotatable bonds is 5. The van der Waals surface area contributed by atoms with E-state index in [9.17, 15) is 0 Å². The van der Waals surface area contributed by atoms with Crippen molar-refractivity contribution in [3.05, 3.63) is 60.7 Å². The van der Waals surface area contributed by atoms with Crippen LogP contribution in [0.1, 0.15) is 5.56 Å². The fourth-order valence-corrected chi connectivity index (χ4v) is 2.60. The van der Waals surface area contributed by atoms with Gasteiger partial charge in [-0.2, -0.15) is 4.98 Å². The van der Waals surface area contributed by atoms with Crippen molar-refractivity contribution < 1.29 is 4.52 Å². The van der Waals surface area contributed by atoms with E-state index in [0.717, 1.165) is 23.4 Å². The Labute approximate surface area is 150 Å². The van der Waals surface area contributed by atoms with Crippen LogP contribution in [0.3, 0.4) is 0 Å². The summed E-state index contributed by atoms with van der Waals surface area (Å²) in [6.45, 7) is 0.887. The number of benzene rings is 1. The molecule has 0 amide bonds. The molecule has 4 aromatic rings. The van der Waals surface area contributed by atoms with E-state index in [1.807, 2.05) is 32.3 Å². The monoisotopic (exact) mass is 347 g/mol. The smallest absolute Gasteiger partial charge is 0.259 e. The Hall–Kier alpha value is -3.39. The van der Waals surface area contributed by atoms with Gasteiger partial charge in [0.15, 0.2) is 0 Å². The largest absolute Gasteiger partial charge is 0.334 e. The van der Waals surface area contributed by atoms with Gasteiger partial charge in [-0.3, -0.25) is 4.98 Å². The zero-order valence-electron chi connectivity index (χ0n) is 14.4. The molecule has 0 N–H and O–H groups in total. The maximum Gasteiger partial charge on any atom is 0.259 e. The first-order chi connectivity index (χ1) is 12.7. The molecule has 130 valence electrons. The first-order valence-electron chi connectivity index (χ1n) is 8.09. The van der Waals surface area contributed by atoms with Gasteiger partial charge in [0.25, 0.3) is 5.89 Å². The molecule has 0 saturated heterocycles. The molecule has 0 saturated carbocycles.